The van der Waals surface area contributed by atoms with Gasteiger partial charge in [-0.3, -0.25) is 0 Å². The van der Waals surface area contributed by atoms with E-state index in [1.165, 1.54) is 37.8 Å². The van der Waals surface area contributed by atoms with Crippen LogP contribution in [0.15, 0.2) is 23.7 Å². The van der Waals surface area contributed by atoms with Crippen LogP contribution in [0.25, 0.3) is 0 Å². The molecule has 0 spiro atoms. The van der Waals surface area contributed by atoms with E-state index in [9.17, 15) is 8.78 Å². The summed E-state index contributed by atoms with van der Waals surface area (Å²) in [6, 6.07) is 2.83. The SMILES string of the molecule is Fc1cc(C2CCC(C3CCC(C=CCl)CC3)CC2)cc(F)c1Cl. The quantitative estimate of drug-likeness (QED) is 0.483. The van der Waals surface area contributed by atoms with Crippen molar-refractivity contribution in [1.29, 1.82) is 0 Å². The Hall–Kier alpha value is -0.600. The standard InChI is InChI=1S/C20H24Cl2F2/c21-10-9-13-1-3-14(4-2-13)15-5-7-16(8-6-15)17-11-18(23)20(22)19(24)12-17/h9-16H,1-8H2. The van der Waals surface area contributed by atoms with Gasteiger partial charge in [0.25, 0.3) is 0 Å². The first-order chi connectivity index (χ1) is 11.6. The third-order valence-electron chi connectivity index (χ3n) is 6.08. The Morgan fingerprint density at radius 1 is 0.833 bits per heavy atom. The lowest BCUT2D eigenvalue weighted by Gasteiger charge is -2.37. The highest BCUT2D eigenvalue weighted by Crippen LogP contribution is 2.44. The van der Waals surface area contributed by atoms with Gasteiger partial charge in [-0.15, -0.1) is 0 Å². The summed E-state index contributed by atoms with van der Waals surface area (Å²) in [4.78, 5) is 0. The molecule has 1 aromatic carbocycles. The Bertz CT molecular complexity index is 560. The van der Waals surface area contributed by atoms with Crippen molar-refractivity contribution in [2.24, 2.45) is 17.8 Å². The second kappa shape index (κ2) is 8.19. The predicted molar refractivity (Wildman–Crippen MR) is 96.5 cm³/mol. The van der Waals surface area contributed by atoms with Gasteiger partial charge >= 0.3 is 0 Å². The van der Waals surface area contributed by atoms with Crippen LogP contribution in [0, 0.1) is 29.4 Å². The minimum Gasteiger partial charge on any atom is -0.205 e. The molecule has 0 nitrogen and oxygen atoms in total. The zero-order valence-corrected chi connectivity index (χ0v) is 15.3. The summed E-state index contributed by atoms with van der Waals surface area (Å²) in [5, 5.41) is -0.393. The van der Waals surface area contributed by atoms with Gasteiger partial charge < -0.3 is 0 Å². The second-order valence-corrected chi connectivity index (χ2v) is 8.03. The van der Waals surface area contributed by atoms with E-state index in [1.54, 1.807) is 5.54 Å². The normalized spacial score (nSPS) is 31.5. The number of hydrogen-bond donors (Lipinski definition) is 0. The topological polar surface area (TPSA) is 0 Å². The van der Waals surface area contributed by atoms with Crippen molar-refractivity contribution in [2.45, 2.75) is 57.3 Å². The molecule has 0 bridgehead atoms. The molecule has 1 aromatic rings. The summed E-state index contributed by atoms with van der Waals surface area (Å²) in [5.74, 6) is 1.21. The summed E-state index contributed by atoms with van der Waals surface area (Å²) in [6.45, 7) is 0. The van der Waals surface area contributed by atoms with Crippen molar-refractivity contribution in [1.82, 2.24) is 0 Å². The van der Waals surface area contributed by atoms with Gasteiger partial charge in [-0.05, 0) is 92.7 Å². The first-order valence-corrected chi connectivity index (χ1v) is 9.81. The zero-order valence-electron chi connectivity index (χ0n) is 13.8. The Labute approximate surface area is 153 Å². The van der Waals surface area contributed by atoms with E-state index in [4.69, 9.17) is 23.2 Å². The van der Waals surface area contributed by atoms with E-state index in [0.29, 0.717) is 5.92 Å². The highest BCUT2D eigenvalue weighted by molar-refractivity contribution is 6.30. The maximum absolute atomic E-state index is 13.7. The van der Waals surface area contributed by atoms with Crippen molar-refractivity contribution >= 4 is 23.2 Å². The average Bonchev–Trinajstić information content (AvgIpc) is 2.60. The van der Waals surface area contributed by atoms with E-state index < -0.39 is 16.7 Å². The van der Waals surface area contributed by atoms with Crippen LogP contribution in [0.1, 0.15) is 62.8 Å². The molecule has 2 saturated carbocycles. The Balaban J connectivity index is 1.55. The molecule has 2 aliphatic carbocycles. The molecular formula is C20H24Cl2F2. The van der Waals surface area contributed by atoms with Crippen molar-refractivity contribution in [3.05, 3.63) is 46.0 Å². The highest BCUT2D eigenvalue weighted by atomic mass is 35.5. The summed E-state index contributed by atoms with van der Waals surface area (Å²) in [7, 11) is 0. The van der Waals surface area contributed by atoms with Crippen molar-refractivity contribution in [3.8, 4) is 0 Å². The minimum absolute atomic E-state index is 0.262. The number of halogens is 4. The van der Waals surface area contributed by atoms with Gasteiger partial charge in [0.15, 0.2) is 0 Å². The first kappa shape index (κ1) is 18.2. The third kappa shape index (κ3) is 4.14. The van der Waals surface area contributed by atoms with Crippen LogP contribution in [-0.4, -0.2) is 0 Å². The van der Waals surface area contributed by atoms with Gasteiger partial charge in [0.2, 0.25) is 0 Å². The van der Waals surface area contributed by atoms with Gasteiger partial charge in [-0.25, -0.2) is 8.78 Å². The lowest BCUT2D eigenvalue weighted by atomic mass is 9.68. The molecular weight excluding hydrogens is 349 g/mol. The van der Waals surface area contributed by atoms with Gasteiger partial charge in [-0.1, -0.05) is 29.3 Å². The number of allylic oxidation sites excluding steroid dienone is 1. The van der Waals surface area contributed by atoms with E-state index in [1.807, 2.05) is 0 Å². The molecule has 132 valence electrons. The summed E-state index contributed by atoms with van der Waals surface area (Å²) in [5.41, 5.74) is 2.42. The highest BCUT2D eigenvalue weighted by Gasteiger charge is 2.31. The Kier molecular flexibility index (Phi) is 6.21. The van der Waals surface area contributed by atoms with E-state index >= 15 is 0 Å². The van der Waals surface area contributed by atoms with Crippen LogP contribution in [-0.2, 0) is 0 Å². The van der Waals surface area contributed by atoms with Gasteiger partial charge in [-0.2, -0.15) is 0 Å². The van der Waals surface area contributed by atoms with Crippen LogP contribution in [0.5, 0.6) is 0 Å². The fourth-order valence-electron chi connectivity index (χ4n) is 4.65. The number of hydrogen-bond acceptors (Lipinski definition) is 0. The summed E-state index contributed by atoms with van der Waals surface area (Å²) >= 11 is 11.3. The minimum atomic E-state index is -0.639. The largest absolute Gasteiger partial charge is 0.205 e. The zero-order chi connectivity index (χ0) is 17.1. The molecule has 0 radical (unpaired) electrons. The lowest BCUT2D eigenvalue weighted by Crippen LogP contribution is -2.25. The van der Waals surface area contributed by atoms with Crippen molar-refractivity contribution in [2.75, 3.05) is 0 Å². The van der Waals surface area contributed by atoms with Gasteiger partial charge in [0.1, 0.15) is 16.7 Å². The number of rotatable bonds is 3. The fourth-order valence-corrected chi connectivity index (χ4v) is 4.96. The lowest BCUT2D eigenvalue weighted by molar-refractivity contribution is 0.171. The molecule has 0 N–H and O–H groups in total. The molecule has 0 heterocycles. The molecule has 0 amide bonds. The molecule has 0 aliphatic heterocycles. The van der Waals surface area contributed by atoms with E-state index in [-0.39, 0.29) is 5.92 Å². The molecule has 0 atom stereocenters. The third-order valence-corrected chi connectivity index (χ3v) is 6.58. The van der Waals surface area contributed by atoms with Crippen LogP contribution < -0.4 is 0 Å². The summed E-state index contributed by atoms with van der Waals surface area (Å²) < 4.78 is 27.4. The first-order valence-electron chi connectivity index (χ1n) is 8.99. The Morgan fingerprint density at radius 3 is 1.83 bits per heavy atom. The smallest absolute Gasteiger partial charge is 0.145 e. The molecule has 3 rings (SSSR count). The van der Waals surface area contributed by atoms with Crippen LogP contribution >= 0.6 is 23.2 Å². The van der Waals surface area contributed by atoms with Crippen LogP contribution in [0.3, 0.4) is 0 Å². The molecule has 24 heavy (non-hydrogen) atoms. The average molecular weight is 373 g/mol. The molecule has 0 aromatic heterocycles. The number of benzene rings is 1. The molecule has 2 fully saturated rings. The molecule has 0 unspecified atom stereocenters. The van der Waals surface area contributed by atoms with Crippen molar-refractivity contribution < 1.29 is 8.78 Å². The maximum atomic E-state index is 13.7. The second-order valence-electron chi connectivity index (χ2n) is 7.40. The maximum Gasteiger partial charge on any atom is 0.145 e. The van der Waals surface area contributed by atoms with Gasteiger partial charge in [0.05, 0.1) is 0 Å². The fraction of sp³-hybridized carbons (Fsp3) is 0.600. The predicted octanol–water partition coefficient (Wildman–Crippen LogP) is 7.45. The van der Waals surface area contributed by atoms with Crippen molar-refractivity contribution in [3.63, 3.8) is 0 Å². The van der Waals surface area contributed by atoms with Crippen LogP contribution in [0.2, 0.25) is 5.02 Å². The monoisotopic (exact) mass is 372 g/mol. The van der Waals surface area contributed by atoms with E-state index in [0.717, 1.165) is 43.1 Å². The Morgan fingerprint density at radius 2 is 1.33 bits per heavy atom. The summed E-state index contributed by atoms with van der Waals surface area (Å²) in [6.07, 6.45) is 11.5. The van der Waals surface area contributed by atoms with E-state index in [2.05, 4.69) is 6.08 Å². The molecule has 2 aliphatic rings. The molecule has 4 heteroatoms. The van der Waals surface area contributed by atoms with Crippen LogP contribution in [0.4, 0.5) is 8.78 Å². The molecule has 0 saturated heterocycles. The van der Waals surface area contributed by atoms with Gasteiger partial charge in [0, 0.05) is 5.54 Å².